The second-order valence-corrected chi connectivity index (χ2v) is 9.25. The number of carbonyl (C=O) groups is 1. The number of hydrogen-bond donors (Lipinski definition) is 1. The Hall–Kier alpha value is -2.73. The molecule has 1 heterocycles. The average Bonchev–Trinajstić information content (AvgIpc) is 3.09. The minimum absolute atomic E-state index is 0.215. The number of amidine groups is 1. The largest absolute Gasteiger partial charge is 0.486 e. The summed E-state index contributed by atoms with van der Waals surface area (Å²) < 4.78 is 5.84. The van der Waals surface area contributed by atoms with Crippen LogP contribution in [0, 0.1) is 13.8 Å². The van der Waals surface area contributed by atoms with E-state index in [1.54, 1.807) is 18.2 Å². The summed E-state index contributed by atoms with van der Waals surface area (Å²) >= 11 is 14.1. The molecule has 0 spiro atoms. The van der Waals surface area contributed by atoms with Crippen LogP contribution in [0.2, 0.25) is 10.0 Å². The zero-order valence-electron chi connectivity index (χ0n) is 17.5. The fourth-order valence-corrected chi connectivity index (χ4v) is 4.46. The van der Waals surface area contributed by atoms with Crippen LogP contribution in [0.3, 0.4) is 0 Å². The highest BCUT2D eigenvalue weighted by atomic mass is 35.5. The third-order valence-corrected chi connectivity index (χ3v) is 6.21. The van der Waals surface area contributed by atoms with Crippen LogP contribution in [0.1, 0.15) is 22.3 Å². The van der Waals surface area contributed by atoms with E-state index in [9.17, 15) is 4.79 Å². The van der Waals surface area contributed by atoms with Crippen molar-refractivity contribution in [2.24, 2.45) is 4.99 Å². The summed E-state index contributed by atoms with van der Waals surface area (Å²) in [5, 5.41) is 4.08. The molecule has 162 valence electrons. The van der Waals surface area contributed by atoms with Crippen LogP contribution in [0.5, 0.6) is 5.75 Å². The number of hydrogen-bond acceptors (Lipinski definition) is 4. The van der Waals surface area contributed by atoms with Gasteiger partial charge in [0.25, 0.3) is 5.91 Å². The van der Waals surface area contributed by atoms with Crippen molar-refractivity contribution < 1.29 is 9.53 Å². The Morgan fingerprint density at radius 3 is 2.19 bits per heavy atom. The van der Waals surface area contributed by atoms with E-state index in [0.29, 0.717) is 38.0 Å². The monoisotopic (exact) mass is 482 g/mol. The number of ether oxygens (including phenoxy) is 1. The molecular formula is C25H20Cl2N2O2S. The number of amides is 1. The van der Waals surface area contributed by atoms with Gasteiger partial charge in [-0.25, -0.2) is 4.99 Å². The lowest BCUT2D eigenvalue weighted by Gasteiger charge is -2.11. The molecule has 0 aliphatic carbocycles. The molecule has 0 aromatic heterocycles. The second-order valence-electron chi connectivity index (χ2n) is 7.41. The lowest BCUT2D eigenvalue weighted by molar-refractivity contribution is -0.115. The molecule has 32 heavy (non-hydrogen) atoms. The Labute approximate surface area is 201 Å². The summed E-state index contributed by atoms with van der Waals surface area (Å²) in [5.41, 5.74) is 4.84. The van der Waals surface area contributed by atoms with Crippen LogP contribution in [-0.4, -0.2) is 11.1 Å². The first-order valence-electron chi connectivity index (χ1n) is 9.91. The number of halogens is 2. The normalized spacial score (nSPS) is 15.9. The van der Waals surface area contributed by atoms with E-state index in [2.05, 4.69) is 10.3 Å². The molecule has 0 saturated carbocycles. The first-order valence-corrected chi connectivity index (χ1v) is 11.5. The SMILES string of the molecule is Cc1ccc(COc2c(Cl)cc(/C=C3/SC(=Nc4ccc(C)cc4)NC3=O)cc2Cl)cc1. The van der Waals surface area contributed by atoms with Gasteiger partial charge in [0.15, 0.2) is 10.9 Å². The molecule has 1 aliphatic rings. The Bertz CT molecular complexity index is 1200. The lowest BCUT2D eigenvalue weighted by atomic mass is 10.1. The molecule has 7 heteroatoms. The molecule has 0 bridgehead atoms. The summed E-state index contributed by atoms with van der Waals surface area (Å²) in [7, 11) is 0. The van der Waals surface area contributed by atoms with Crippen molar-refractivity contribution >= 4 is 57.8 Å². The van der Waals surface area contributed by atoms with Crippen molar-refractivity contribution in [1.82, 2.24) is 5.32 Å². The molecule has 1 saturated heterocycles. The fraction of sp³-hybridized carbons (Fsp3) is 0.120. The maximum Gasteiger partial charge on any atom is 0.264 e. The van der Waals surface area contributed by atoms with Crippen LogP contribution >= 0.6 is 35.0 Å². The Morgan fingerprint density at radius 1 is 0.969 bits per heavy atom. The van der Waals surface area contributed by atoms with E-state index in [1.807, 2.05) is 62.4 Å². The molecular weight excluding hydrogens is 463 g/mol. The molecule has 1 amide bonds. The van der Waals surface area contributed by atoms with Crippen LogP contribution in [0.25, 0.3) is 6.08 Å². The topological polar surface area (TPSA) is 50.7 Å². The molecule has 4 rings (SSSR count). The number of nitrogens with one attached hydrogen (secondary N) is 1. The second kappa shape index (κ2) is 9.82. The van der Waals surface area contributed by atoms with E-state index < -0.39 is 0 Å². The highest BCUT2D eigenvalue weighted by Gasteiger charge is 2.24. The first kappa shape index (κ1) is 22.5. The molecule has 3 aromatic carbocycles. The maximum atomic E-state index is 12.4. The highest BCUT2D eigenvalue weighted by molar-refractivity contribution is 8.18. The van der Waals surface area contributed by atoms with Crippen LogP contribution in [0.15, 0.2) is 70.6 Å². The quantitative estimate of drug-likeness (QED) is 0.395. The zero-order chi connectivity index (χ0) is 22.7. The number of carbonyl (C=O) groups excluding carboxylic acids is 1. The average molecular weight is 483 g/mol. The Morgan fingerprint density at radius 2 is 1.56 bits per heavy atom. The molecule has 0 radical (unpaired) electrons. The molecule has 1 fully saturated rings. The predicted molar refractivity (Wildman–Crippen MR) is 134 cm³/mol. The van der Waals surface area contributed by atoms with Crippen molar-refractivity contribution in [1.29, 1.82) is 0 Å². The minimum atomic E-state index is -0.215. The lowest BCUT2D eigenvalue weighted by Crippen LogP contribution is -2.19. The Balaban J connectivity index is 1.49. The van der Waals surface area contributed by atoms with Crippen molar-refractivity contribution in [3.63, 3.8) is 0 Å². The number of rotatable bonds is 5. The summed E-state index contributed by atoms with van der Waals surface area (Å²) in [4.78, 5) is 17.4. The third kappa shape index (κ3) is 5.54. The first-order chi connectivity index (χ1) is 15.4. The van der Waals surface area contributed by atoms with Gasteiger partial charge >= 0.3 is 0 Å². The van der Waals surface area contributed by atoms with Gasteiger partial charge in [0.2, 0.25) is 0 Å². The maximum absolute atomic E-state index is 12.4. The van der Waals surface area contributed by atoms with Gasteiger partial charge in [0.1, 0.15) is 6.61 Å². The molecule has 1 N–H and O–H groups in total. The van der Waals surface area contributed by atoms with E-state index in [4.69, 9.17) is 27.9 Å². The van der Waals surface area contributed by atoms with E-state index >= 15 is 0 Å². The van der Waals surface area contributed by atoms with Gasteiger partial charge in [0.05, 0.1) is 20.6 Å². The van der Waals surface area contributed by atoms with Gasteiger partial charge in [-0.15, -0.1) is 0 Å². The number of nitrogens with zero attached hydrogens (tertiary/aromatic N) is 1. The summed E-state index contributed by atoms with van der Waals surface area (Å²) in [6.45, 7) is 4.40. The minimum Gasteiger partial charge on any atom is -0.486 e. The van der Waals surface area contributed by atoms with E-state index in [0.717, 1.165) is 16.8 Å². The van der Waals surface area contributed by atoms with Gasteiger partial charge in [-0.3, -0.25) is 4.79 Å². The van der Waals surface area contributed by atoms with Crippen molar-refractivity contribution in [3.05, 3.63) is 97.9 Å². The summed E-state index contributed by atoms with van der Waals surface area (Å²) in [6, 6.07) is 19.3. The van der Waals surface area contributed by atoms with Gasteiger partial charge in [0, 0.05) is 0 Å². The fourth-order valence-electron chi connectivity index (χ4n) is 3.01. The number of aryl methyl sites for hydroxylation is 2. The molecule has 1 aliphatic heterocycles. The van der Waals surface area contributed by atoms with Crippen LogP contribution < -0.4 is 10.1 Å². The van der Waals surface area contributed by atoms with E-state index in [-0.39, 0.29) is 5.91 Å². The molecule has 0 atom stereocenters. The van der Waals surface area contributed by atoms with Gasteiger partial charge in [-0.2, -0.15) is 0 Å². The zero-order valence-corrected chi connectivity index (χ0v) is 19.8. The van der Waals surface area contributed by atoms with Crippen molar-refractivity contribution in [2.45, 2.75) is 20.5 Å². The summed E-state index contributed by atoms with van der Waals surface area (Å²) in [5.74, 6) is 0.203. The summed E-state index contributed by atoms with van der Waals surface area (Å²) in [6.07, 6.45) is 1.74. The molecule has 0 unspecified atom stereocenters. The number of benzene rings is 3. The van der Waals surface area contributed by atoms with Gasteiger partial charge in [-0.1, -0.05) is 70.7 Å². The van der Waals surface area contributed by atoms with Gasteiger partial charge < -0.3 is 10.1 Å². The molecule has 4 nitrogen and oxygen atoms in total. The van der Waals surface area contributed by atoms with Crippen LogP contribution in [-0.2, 0) is 11.4 Å². The molecule has 3 aromatic rings. The predicted octanol–water partition coefficient (Wildman–Crippen LogP) is 7.08. The standard InChI is InChI=1S/C25H20Cl2N2O2S/c1-15-3-7-17(8-4-15)14-31-23-20(26)11-18(12-21(23)27)13-22-24(30)29-25(32-22)28-19-9-5-16(2)6-10-19/h3-13H,14H2,1-2H3,(H,28,29,30)/b22-13+. The Kier molecular flexibility index (Phi) is 6.89. The highest BCUT2D eigenvalue weighted by Crippen LogP contribution is 2.36. The van der Waals surface area contributed by atoms with Crippen molar-refractivity contribution in [3.8, 4) is 5.75 Å². The van der Waals surface area contributed by atoms with E-state index in [1.165, 1.54) is 17.3 Å². The number of thioether (sulfide) groups is 1. The third-order valence-electron chi connectivity index (χ3n) is 4.74. The van der Waals surface area contributed by atoms with Crippen LogP contribution in [0.4, 0.5) is 5.69 Å². The smallest absolute Gasteiger partial charge is 0.264 e. The van der Waals surface area contributed by atoms with Gasteiger partial charge in [-0.05, 0) is 67.1 Å². The number of aliphatic imine (C=N–C) groups is 1. The van der Waals surface area contributed by atoms with Crippen molar-refractivity contribution in [2.75, 3.05) is 0 Å².